The molecule has 5 nitrogen and oxygen atoms in total. The number of fused-ring (bicyclic) bond motifs is 1. The van der Waals surface area contributed by atoms with Crippen molar-refractivity contribution in [1.82, 2.24) is 15.2 Å². The molecular weight excluding hydrogens is 362 g/mol. The summed E-state index contributed by atoms with van der Waals surface area (Å²) in [7, 11) is 0. The maximum absolute atomic E-state index is 13.0. The van der Waals surface area contributed by atoms with Crippen molar-refractivity contribution in [2.24, 2.45) is 0 Å². The SMILES string of the molecule is Cc1cc2[nH]c(C)c(C(=O)NC3CCN(CCc4ccccc4)CC3)c2cc1O. The van der Waals surface area contributed by atoms with Crippen molar-refractivity contribution < 1.29 is 9.90 Å². The lowest BCUT2D eigenvalue weighted by molar-refractivity contribution is 0.0912. The fraction of sp³-hybridized carbons (Fsp3) is 0.375. The lowest BCUT2D eigenvalue weighted by Gasteiger charge is -2.32. The van der Waals surface area contributed by atoms with E-state index in [0.717, 1.165) is 61.1 Å². The number of aromatic nitrogens is 1. The quantitative estimate of drug-likeness (QED) is 0.617. The number of phenols is 1. The van der Waals surface area contributed by atoms with Crippen LogP contribution in [0.5, 0.6) is 5.75 Å². The molecule has 1 aliphatic heterocycles. The Morgan fingerprint density at radius 2 is 1.90 bits per heavy atom. The van der Waals surface area contributed by atoms with E-state index in [0.29, 0.717) is 5.56 Å². The molecular formula is C24H29N3O2. The summed E-state index contributed by atoms with van der Waals surface area (Å²) in [6.45, 7) is 6.84. The van der Waals surface area contributed by atoms with Crippen molar-refractivity contribution in [3.05, 3.63) is 64.8 Å². The number of amides is 1. The number of benzene rings is 2. The second-order valence-corrected chi connectivity index (χ2v) is 8.13. The Hall–Kier alpha value is -2.79. The lowest BCUT2D eigenvalue weighted by atomic mass is 10.0. The van der Waals surface area contributed by atoms with Gasteiger partial charge < -0.3 is 20.3 Å². The predicted octanol–water partition coefficient (Wildman–Crippen LogP) is 3.93. The van der Waals surface area contributed by atoms with Crippen LogP contribution in [0.25, 0.3) is 10.9 Å². The number of H-pyrrole nitrogens is 1. The van der Waals surface area contributed by atoms with Gasteiger partial charge in [-0.25, -0.2) is 0 Å². The zero-order chi connectivity index (χ0) is 20.4. The first-order valence-electron chi connectivity index (χ1n) is 10.4. The summed E-state index contributed by atoms with van der Waals surface area (Å²) in [5, 5.41) is 14.1. The molecule has 0 unspecified atom stereocenters. The Morgan fingerprint density at radius 1 is 1.17 bits per heavy atom. The molecule has 29 heavy (non-hydrogen) atoms. The van der Waals surface area contributed by atoms with Crippen molar-refractivity contribution in [2.75, 3.05) is 19.6 Å². The molecule has 0 spiro atoms. The van der Waals surface area contributed by atoms with Crippen LogP contribution in [0.4, 0.5) is 0 Å². The number of hydrogen-bond donors (Lipinski definition) is 3. The molecule has 3 N–H and O–H groups in total. The molecule has 5 heteroatoms. The maximum atomic E-state index is 13.0. The molecule has 0 radical (unpaired) electrons. The van der Waals surface area contributed by atoms with E-state index in [4.69, 9.17) is 0 Å². The standard InChI is InChI=1S/C24H29N3O2/c1-16-14-21-20(15-22(16)28)23(17(2)25-21)24(29)26-19-9-12-27(13-10-19)11-8-18-6-4-3-5-7-18/h3-7,14-15,19,25,28H,8-13H2,1-2H3,(H,26,29). The average molecular weight is 392 g/mol. The van der Waals surface area contributed by atoms with Gasteiger partial charge in [-0.1, -0.05) is 30.3 Å². The molecule has 2 aromatic carbocycles. The van der Waals surface area contributed by atoms with Crippen LogP contribution in [0.3, 0.4) is 0 Å². The van der Waals surface area contributed by atoms with Gasteiger partial charge in [0.25, 0.3) is 5.91 Å². The number of likely N-dealkylation sites (tertiary alicyclic amines) is 1. The van der Waals surface area contributed by atoms with E-state index in [1.54, 1.807) is 6.07 Å². The zero-order valence-electron chi connectivity index (χ0n) is 17.2. The minimum atomic E-state index is -0.0558. The largest absolute Gasteiger partial charge is 0.508 e. The summed E-state index contributed by atoms with van der Waals surface area (Å²) in [6, 6.07) is 14.4. The number of carbonyl (C=O) groups is 1. The fourth-order valence-electron chi connectivity index (χ4n) is 4.26. The average Bonchev–Trinajstić information content (AvgIpc) is 3.03. The van der Waals surface area contributed by atoms with E-state index in [1.807, 2.05) is 19.9 Å². The van der Waals surface area contributed by atoms with Crippen LogP contribution in [0.1, 0.15) is 40.0 Å². The Morgan fingerprint density at radius 3 is 2.62 bits per heavy atom. The molecule has 1 aromatic heterocycles. The van der Waals surface area contributed by atoms with Gasteiger partial charge in [-0.15, -0.1) is 0 Å². The van der Waals surface area contributed by atoms with Gasteiger partial charge in [0, 0.05) is 42.3 Å². The topological polar surface area (TPSA) is 68.4 Å². The number of hydrogen-bond acceptors (Lipinski definition) is 3. The van der Waals surface area contributed by atoms with E-state index in [1.165, 1.54) is 5.56 Å². The van der Waals surface area contributed by atoms with Gasteiger partial charge in [-0.05, 0) is 56.4 Å². The van der Waals surface area contributed by atoms with Crippen molar-refractivity contribution in [2.45, 2.75) is 39.2 Å². The maximum Gasteiger partial charge on any atom is 0.253 e. The Balaban J connectivity index is 1.35. The van der Waals surface area contributed by atoms with Crippen LogP contribution in [0.15, 0.2) is 42.5 Å². The first-order chi connectivity index (χ1) is 14.0. The van der Waals surface area contributed by atoms with E-state index in [-0.39, 0.29) is 17.7 Å². The third kappa shape index (κ3) is 4.30. The highest BCUT2D eigenvalue weighted by Gasteiger charge is 2.23. The normalized spacial score (nSPS) is 15.7. The number of phenolic OH excluding ortho intramolecular Hbond substituents is 1. The highest BCUT2D eigenvalue weighted by molar-refractivity contribution is 6.08. The number of nitrogens with one attached hydrogen (secondary N) is 2. The van der Waals surface area contributed by atoms with Crippen LogP contribution in [0.2, 0.25) is 0 Å². The fourth-order valence-corrected chi connectivity index (χ4v) is 4.26. The van der Waals surface area contributed by atoms with Crippen molar-refractivity contribution >= 4 is 16.8 Å². The molecule has 0 saturated carbocycles. The van der Waals surface area contributed by atoms with Gasteiger partial charge in [0.2, 0.25) is 0 Å². The van der Waals surface area contributed by atoms with Crippen molar-refractivity contribution in [3.8, 4) is 5.75 Å². The van der Waals surface area contributed by atoms with Crippen LogP contribution in [-0.2, 0) is 6.42 Å². The van der Waals surface area contributed by atoms with E-state index >= 15 is 0 Å². The van der Waals surface area contributed by atoms with Crippen LogP contribution in [-0.4, -0.2) is 46.6 Å². The Kier molecular flexibility index (Phi) is 5.58. The number of nitrogens with zero attached hydrogens (tertiary/aromatic N) is 1. The Labute approximate surface area is 171 Å². The number of aromatic amines is 1. The molecule has 0 aliphatic carbocycles. The highest BCUT2D eigenvalue weighted by atomic mass is 16.3. The zero-order valence-corrected chi connectivity index (χ0v) is 17.2. The summed E-state index contributed by atoms with van der Waals surface area (Å²) in [5.41, 5.74) is 4.54. The smallest absolute Gasteiger partial charge is 0.253 e. The number of carbonyl (C=O) groups excluding carboxylic acids is 1. The molecule has 1 amide bonds. The lowest BCUT2D eigenvalue weighted by Crippen LogP contribution is -2.45. The van der Waals surface area contributed by atoms with Gasteiger partial charge in [-0.2, -0.15) is 0 Å². The molecule has 4 rings (SSSR count). The second-order valence-electron chi connectivity index (χ2n) is 8.13. The van der Waals surface area contributed by atoms with E-state index < -0.39 is 0 Å². The third-order valence-corrected chi connectivity index (χ3v) is 6.01. The summed E-state index contributed by atoms with van der Waals surface area (Å²) in [6.07, 6.45) is 2.99. The number of aromatic hydroxyl groups is 1. The molecule has 1 aliphatic rings. The minimum Gasteiger partial charge on any atom is -0.508 e. The molecule has 2 heterocycles. The van der Waals surface area contributed by atoms with E-state index in [2.05, 4.69) is 45.5 Å². The molecule has 1 fully saturated rings. The minimum absolute atomic E-state index is 0.0558. The molecule has 152 valence electrons. The van der Waals surface area contributed by atoms with Crippen LogP contribution in [0, 0.1) is 13.8 Å². The van der Waals surface area contributed by atoms with Gasteiger partial charge in [0.1, 0.15) is 5.75 Å². The monoisotopic (exact) mass is 391 g/mol. The summed E-state index contributed by atoms with van der Waals surface area (Å²) < 4.78 is 0. The molecule has 0 atom stereocenters. The first-order valence-corrected chi connectivity index (χ1v) is 10.4. The first kappa shape index (κ1) is 19.5. The van der Waals surface area contributed by atoms with Crippen LogP contribution < -0.4 is 5.32 Å². The second kappa shape index (κ2) is 8.29. The third-order valence-electron chi connectivity index (χ3n) is 6.01. The molecule has 3 aromatic rings. The predicted molar refractivity (Wildman–Crippen MR) is 117 cm³/mol. The number of piperidine rings is 1. The van der Waals surface area contributed by atoms with Crippen LogP contribution >= 0.6 is 0 Å². The van der Waals surface area contributed by atoms with Crippen molar-refractivity contribution in [1.29, 1.82) is 0 Å². The van der Waals surface area contributed by atoms with Gasteiger partial charge in [-0.3, -0.25) is 4.79 Å². The summed E-state index contributed by atoms with van der Waals surface area (Å²) in [4.78, 5) is 18.7. The van der Waals surface area contributed by atoms with Gasteiger partial charge in [0.05, 0.1) is 5.56 Å². The number of rotatable bonds is 5. The Bertz CT molecular complexity index is 1000. The summed E-state index contributed by atoms with van der Waals surface area (Å²) >= 11 is 0. The molecule has 0 bridgehead atoms. The number of aryl methyl sites for hydroxylation is 2. The molecule has 1 saturated heterocycles. The van der Waals surface area contributed by atoms with Gasteiger partial charge >= 0.3 is 0 Å². The van der Waals surface area contributed by atoms with E-state index in [9.17, 15) is 9.90 Å². The summed E-state index contributed by atoms with van der Waals surface area (Å²) in [5.74, 6) is 0.164. The van der Waals surface area contributed by atoms with Crippen molar-refractivity contribution in [3.63, 3.8) is 0 Å². The van der Waals surface area contributed by atoms with Gasteiger partial charge in [0.15, 0.2) is 0 Å². The highest BCUT2D eigenvalue weighted by Crippen LogP contribution is 2.29.